The molecule has 0 aromatic carbocycles. The number of H-pyrrole nitrogens is 1. The van der Waals surface area contributed by atoms with E-state index in [1.807, 2.05) is 0 Å². The normalized spacial score (nSPS) is 17.5. The van der Waals surface area contributed by atoms with Crippen molar-refractivity contribution in [2.75, 3.05) is 11.5 Å². The van der Waals surface area contributed by atoms with Crippen LogP contribution >= 0.6 is 0 Å². The smallest absolute Gasteiger partial charge is 0.307 e. The van der Waals surface area contributed by atoms with Crippen LogP contribution in [0.2, 0.25) is 0 Å². The highest BCUT2D eigenvalue weighted by atomic mass is 32.2. The highest BCUT2D eigenvalue weighted by Gasteiger charge is 2.32. The molecule has 0 aliphatic carbocycles. The van der Waals surface area contributed by atoms with Crippen molar-refractivity contribution in [2.24, 2.45) is 0 Å². The van der Waals surface area contributed by atoms with Gasteiger partial charge in [0.25, 0.3) is 4.90 Å². The highest BCUT2D eigenvalue weighted by molar-refractivity contribution is 7.97. The van der Waals surface area contributed by atoms with E-state index >= 15 is 0 Å². The van der Waals surface area contributed by atoms with Gasteiger partial charge in [-0.3, -0.25) is 4.79 Å². The summed E-state index contributed by atoms with van der Waals surface area (Å²) in [5.74, 6) is 2.29. The molecule has 1 aliphatic rings. The summed E-state index contributed by atoms with van der Waals surface area (Å²) in [6.45, 7) is 1.78. The van der Waals surface area contributed by atoms with Gasteiger partial charge in [0.1, 0.15) is 11.5 Å². The summed E-state index contributed by atoms with van der Waals surface area (Å²) in [6.07, 6.45) is 2.35. The Morgan fingerprint density at radius 3 is 2.64 bits per heavy atom. The Kier molecular flexibility index (Phi) is 2.54. The third-order valence-electron chi connectivity index (χ3n) is 2.42. The maximum atomic E-state index is 11.6. The number of rotatable bonds is 1. The molecule has 14 heavy (non-hydrogen) atoms. The lowest BCUT2D eigenvalue weighted by atomic mass is 10.3. The first-order valence-electron chi connectivity index (χ1n) is 4.79. The van der Waals surface area contributed by atoms with Crippen LogP contribution in [0.25, 0.3) is 0 Å². The van der Waals surface area contributed by atoms with Crippen molar-refractivity contribution >= 4 is 10.9 Å². The summed E-state index contributed by atoms with van der Waals surface area (Å²) in [7, 11) is -0.0158. The van der Waals surface area contributed by atoms with Crippen molar-refractivity contribution in [1.29, 1.82) is 0 Å². The third kappa shape index (κ3) is 1.66. The lowest BCUT2D eigenvalue weighted by Gasteiger charge is -2.02. The van der Waals surface area contributed by atoms with Crippen LogP contribution < -0.4 is 5.56 Å². The van der Waals surface area contributed by atoms with Crippen molar-refractivity contribution in [3.8, 4) is 5.75 Å². The van der Waals surface area contributed by atoms with E-state index in [-0.39, 0.29) is 22.2 Å². The van der Waals surface area contributed by atoms with E-state index in [1.54, 1.807) is 13.0 Å². The number of hydrogen-bond donors (Lipinski definition) is 2. The van der Waals surface area contributed by atoms with Crippen LogP contribution in [0.4, 0.5) is 0 Å². The van der Waals surface area contributed by atoms with Crippen molar-refractivity contribution < 1.29 is 5.11 Å². The largest absolute Gasteiger partial charge is 0.503 e. The molecule has 0 unspecified atom stereocenters. The van der Waals surface area contributed by atoms with E-state index in [0.29, 0.717) is 4.90 Å². The Labute approximate surface area is 85.5 Å². The SMILES string of the molecule is Cc1cc(O)c([S+]2CCCC2)c(=O)[nH]1. The van der Waals surface area contributed by atoms with Crippen molar-refractivity contribution in [1.82, 2.24) is 4.98 Å². The number of aromatic amines is 1. The molecule has 2 N–H and O–H groups in total. The molecule has 1 saturated heterocycles. The lowest BCUT2D eigenvalue weighted by Crippen LogP contribution is -2.19. The fourth-order valence-corrected chi connectivity index (χ4v) is 4.18. The Morgan fingerprint density at radius 1 is 1.43 bits per heavy atom. The minimum Gasteiger partial charge on any atom is -0.503 e. The van der Waals surface area contributed by atoms with Crippen LogP contribution in [0, 0.1) is 6.92 Å². The number of aryl methyl sites for hydroxylation is 1. The monoisotopic (exact) mass is 212 g/mol. The quantitative estimate of drug-likeness (QED) is 0.686. The molecular weight excluding hydrogens is 198 g/mol. The number of nitrogens with one attached hydrogen (secondary N) is 1. The molecule has 0 atom stereocenters. The van der Waals surface area contributed by atoms with Gasteiger partial charge in [-0.2, -0.15) is 0 Å². The van der Waals surface area contributed by atoms with Crippen molar-refractivity contribution in [2.45, 2.75) is 24.7 Å². The molecule has 0 bridgehead atoms. The first-order chi connectivity index (χ1) is 6.68. The average molecular weight is 212 g/mol. The summed E-state index contributed by atoms with van der Waals surface area (Å²) >= 11 is 0. The number of hydrogen-bond acceptors (Lipinski definition) is 2. The van der Waals surface area contributed by atoms with Gasteiger partial charge in [-0.05, 0) is 19.8 Å². The molecule has 76 valence electrons. The Hall–Kier alpha value is -0.900. The Bertz CT molecular complexity index is 394. The first-order valence-corrected chi connectivity index (χ1v) is 6.35. The second kappa shape index (κ2) is 3.69. The predicted octanol–water partition coefficient (Wildman–Crippen LogP) is 1.16. The van der Waals surface area contributed by atoms with Crippen LogP contribution in [0.3, 0.4) is 0 Å². The molecule has 4 heteroatoms. The Morgan fingerprint density at radius 2 is 2.07 bits per heavy atom. The van der Waals surface area contributed by atoms with Crippen molar-refractivity contribution in [3.05, 3.63) is 22.1 Å². The van der Waals surface area contributed by atoms with Gasteiger partial charge in [0.05, 0.1) is 0 Å². The molecule has 1 fully saturated rings. The second-order valence-corrected chi connectivity index (χ2v) is 5.81. The van der Waals surface area contributed by atoms with Crippen LogP contribution in [0.15, 0.2) is 15.8 Å². The van der Waals surface area contributed by atoms with Gasteiger partial charge in [-0.1, -0.05) is 0 Å². The van der Waals surface area contributed by atoms with Crippen LogP contribution in [-0.4, -0.2) is 21.6 Å². The lowest BCUT2D eigenvalue weighted by molar-refractivity contribution is 0.458. The number of pyridine rings is 1. The number of aromatic nitrogens is 1. The van der Waals surface area contributed by atoms with E-state index in [0.717, 1.165) is 17.2 Å². The summed E-state index contributed by atoms with van der Waals surface area (Å²) in [6, 6.07) is 1.64. The van der Waals surface area contributed by atoms with Gasteiger partial charge in [-0.15, -0.1) is 0 Å². The molecule has 0 amide bonds. The zero-order valence-electron chi connectivity index (χ0n) is 8.17. The van der Waals surface area contributed by atoms with Gasteiger partial charge in [0, 0.05) is 22.7 Å². The molecule has 2 heterocycles. The van der Waals surface area contributed by atoms with Crippen LogP contribution in [0.1, 0.15) is 18.5 Å². The van der Waals surface area contributed by atoms with Crippen LogP contribution in [0.5, 0.6) is 5.75 Å². The van der Waals surface area contributed by atoms with E-state index in [1.165, 1.54) is 12.8 Å². The topological polar surface area (TPSA) is 53.1 Å². The van der Waals surface area contributed by atoms with Gasteiger partial charge in [0.15, 0.2) is 5.75 Å². The zero-order chi connectivity index (χ0) is 10.1. The minimum atomic E-state index is -0.104. The van der Waals surface area contributed by atoms with Gasteiger partial charge in [0.2, 0.25) is 0 Å². The van der Waals surface area contributed by atoms with E-state index in [9.17, 15) is 9.90 Å². The van der Waals surface area contributed by atoms with Gasteiger partial charge >= 0.3 is 5.56 Å². The maximum absolute atomic E-state index is 11.6. The van der Waals surface area contributed by atoms with Crippen molar-refractivity contribution in [3.63, 3.8) is 0 Å². The minimum absolute atomic E-state index is 0.0158. The van der Waals surface area contributed by atoms with Gasteiger partial charge in [-0.25, -0.2) is 0 Å². The highest BCUT2D eigenvalue weighted by Crippen LogP contribution is 2.26. The van der Waals surface area contributed by atoms with E-state index < -0.39 is 0 Å². The molecule has 1 aliphatic heterocycles. The predicted molar refractivity (Wildman–Crippen MR) is 58.1 cm³/mol. The molecule has 2 rings (SSSR count). The molecule has 0 saturated carbocycles. The Balaban J connectivity index is 2.46. The van der Waals surface area contributed by atoms with E-state index in [2.05, 4.69) is 4.98 Å². The summed E-state index contributed by atoms with van der Waals surface area (Å²) < 4.78 is 0. The maximum Gasteiger partial charge on any atom is 0.307 e. The standard InChI is InChI=1S/C10H13NO2S/c1-7-6-8(12)9(10(13)11-7)14-4-2-3-5-14/h6H,2-5H2,1H3,(H-,11,12,13)/p+1. The molecular formula is C10H14NO2S+. The first kappa shape index (κ1) is 9.65. The molecule has 0 spiro atoms. The summed E-state index contributed by atoms with van der Waals surface area (Å²) in [4.78, 5) is 15.0. The van der Waals surface area contributed by atoms with E-state index in [4.69, 9.17) is 0 Å². The summed E-state index contributed by atoms with van der Waals surface area (Å²) in [5, 5.41) is 9.72. The molecule has 0 radical (unpaired) electrons. The molecule has 1 aromatic rings. The third-order valence-corrected chi connectivity index (χ3v) is 4.96. The van der Waals surface area contributed by atoms with Crippen LogP contribution in [-0.2, 0) is 10.9 Å². The average Bonchev–Trinajstić information content (AvgIpc) is 2.54. The second-order valence-electron chi connectivity index (χ2n) is 3.60. The zero-order valence-corrected chi connectivity index (χ0v) is 8.99. The summed E-state index contributed by atoms with van der Waals surface area (Å²) in [5.41, 5.74) is 0.617. The fraction of sp³-hybridized carbons (Fsp3) is 0.500. The fourth-order valence-electron chi connectivity index (χ4n) is 1.80. The van der Waals surface area contributed by atoms with Gasteiger partial charge < -0.3 is 10.1 Å². The molecule has 1 aromatic heterocycles. The molecule has 3 nitrogen and oxygen atoms in total. The number of aromatic hydroxyl groups is 1.